The van der Waals surface area contributed by atoms with Crippen LogP contribution in [0.5, 0.6) is 0 Å². The first-order valence-corrected chi connectivity index (χ1v) is 7.81. The van der Waals surface area contributed by atoms with Crippen molar-refractivity contribution in [1.82, 2.24) is 10.2 Å². The molecule has 0 bridgehead atoms. The Morgan fingerprint density at radius 3 is 2.59 bits per heavy atom. The van der Waals surface area contributed by atoms with Gasteiger partial charge in [-0.3, -0.25) is 4.79 Å². The molecule has 2 amide bonds. The van der Waals surface area contributed by atoms with Crippen LogP contribution in [0, 0.1) is 5.92 Å². The van der Waals surface area contributed by atoms with Crippen LogP contribution in [0.1, 0.15) is 31.9 Å². The first-order valence-electron chi connectivity index (χ1n) is 7.81. The lowest BCUT2D eigenvalue weighted by Crippen LogP contribution is -2.52. The Balaban J connectivity index is 2.07. The van der Waals surface area contributed by atoms with Gasteiger partial charge >= 0.3 is 6.09 Å². The first kappa shape index (κ1) is 16.3. The van der Waals surface area contributed by atoms with E-state index in [1.807, 2.05) is 30.9 Å². The molecule has 5 nitrogen and oxygen atoms in total. The SMILES string of the molecule is CCOC(=O)N[C@H](C(=O)N1CCc2ccccc2C1)C(C)C. The lowest BCUT2D eigenvalue weighted by atomic mass is 9.97. The summed E-state index contributed by atoms with van der Waals surface area (Å²) in [5, 5.41) is 2.69. The third kappa shape index (κ3) is 3.78. The van der Waals surface area contributed by atoms with E-state index in [9.17, 15) is 9.59 Å². The van der Waals surface area contributed by atoms with Gasteiger partial charge in [0, 0.05) is 13.1 Å². The minimum atomic E-state index is -0.552. The van der Waals surface area contributed by atoms with E-state index in [-0.39, 0.29) is 11.8 Å². The highest BCUT2D eigenvalue weighted by atomic mass is 16.5. The molecule has 0 radical (unpaired) electrons. The third-order valence-corrected chi connectivity index (χ3v) is 3.92. The summed E-state index contributed by atoms with van der Waals surface area (Å²) < 4.78 is 4.90. The molecular formula is C17H24N2O3. The lowest BCUT2D eigenvalue weighted by Gasteiger charge is -2.33. The molecule has 1 aromatic rings. The first-order chi connectivity index (χ1) is 10.5. The molecule has 1 aliphatic heterocycles. The normalized spacial score (nSPS) is 15.2. The molecular weight excluding hydrogens is 280 g/mol. The van der Waals surface area contributed by atoms with Gasteiger partial charge in [-0.1, -0.05) is 38.1 Å². The summed E-state index contributed by atoms with van der Waals surface area (Å²) in [4.78, 5) is 26.2. The number of alkyl carbamates (subject to hydrolysis) is 1. The fourth-order valence-corrected chi connectivity index (χ4v) is 2.69. The van der Waals surface area contributed by atoms with Crippen LogP contribution in [0.3, 0.4) is 0 Å². The number of benzene rings is 1. The molecule has 0 aliphatic carbocycles. The zero-order valence-corrected chi connectivity index (χ0v) is 13.5. The molecule has 1 N–H and O–H groups in total. The molecule has 1 aliphatic rings. The molecule has 0 spiro atoms. The number of carbonyl (C=O) groups excluding carboxylic acids is 2. The number of hydrogen-bond donors (Lipinski definition) is 1. The zero-order valence-electron chi connectivity index (χ0n) is 13.5. The van der Waals surface area contributed by atoms with Crippen LogP contribution in [-0.4, -0.2) is 36.1 Å². The van der Waals surface area contributed by atoms with E-state index in [0.717, 1.165) is 6.42 Å². The van der Waals surface area contributed by atoms with Crippen molar-refractivity contribution in [3.63, 3.8) is 0 Å². The van der Waals surface area contributed by atoms with Gasteiger partial charge in [0.1, 0.15) is 6.04 Å². The van der Waals surface area contributed by atoms with Gasteiger partial charge in [-0.15, -0.1) is 0 Å². The number of nitrogens with zero attached hydrogens (tertiary/aromatic N) is 1. The second-order valence-corrected chi connectivity index (χ2v) is 5.86. The van der Waals surface area contributed by atoms with Crippen molar-refractivity contribution in [2.45, 2.75) is 39.8 Å². The molecule has 0 unspecified atom stereocenters. The highest BCUT2D eigenvalue weighted by molar-refractivity contribution is 5.86. The molecule has 1 heterocycles. The van der Waals surface area contributed by atoms with Crippen molar-refractivity contribution in [3.8, 4) is 0 Å². The molecule has 5 heteroatoms. The van der Waals surface area contributed by atoms with Gasteiger partial charge in [-0.25, -0.2) is 4.79 Å². The fourth-order valence-electron chi connectivity index (χ4n) is 2.69. The monoisotopic (exact) mass is 304 g/mol. The Bertz CT molecular complexity index is 542. The second kappa shape index (κ2) is 7.29. The lowest BCUT2D eigenvalue weighted by molar-refractivity contribution is -0.135. The number of ether oxygens (including phenoxy) is 1. The largest absolute Gasteiger partial charge is 0.450 e. The predicted octanol–water partition coefficient (Wildman–Crippen LogP) is 2.34. The molecule has 2 rings (SSSR count). The van der Waals surface area contributed by atoms with Gasteiger partial charge in [-0.05, 0) is 30.4 Å². The molecule has 120 valence electrons. The van der Waals surface area contributed by atoms with Crippen LogP contribution in [0.2, 0.25) is 0 Å². The van der Waals surface area contributed by atoms with Crippen LogP contribution >= 0.6 is 0 Å². The molecule has 0 aromatic heterocycles. The summed E-state index contributed by atoms with van der Waals surface area (Å²) in [5.74, 6) is -0.0355. The van der Waals surface area contributed by atoms with Gasteiger partial charge in [0.15, 0.2) is 0 Å². The Morgan fingerprint density at radius 2 is 1.95 bits per heavy atom. The molecule has 0 fully saturated rings. The van der Waals surface area contributed by atoms with Crippen LogP contribution in [0.25, 0.3) is 0 Å². The van der Waals surface area contributed by atoms with Crippen LogP contribution in [0.15, 0.2) is 24.3 Å². The van der Waals surface area contributed by atoms with E-state index in [1.165, 1.54) is 11.1 Å². The van der Waals surface area contributed by atoms with Crippen molar-refractivity contribution in [3.05, 3.63) is 35.4 Å². The Labute approximate surface area is 131 Å². The van der Waals surface area contributed by atoms with Crippen molar-refractivity contribution < 1.29 is 14.3 Å². The average molecular weight is 304 g/mol. The molecule has 0 saturated carbocycles. The van der Waals surface area contributed by atoms with Crippen LogP contribution in [-0.2, 0) is 22.5 Å². The van der Waals surface area contributed by atoms with Crippen molar-refractivity contribution >= 4 is 12.0 Å². The van der Waals surface area contributed by atoms with E-state index in [1.54, 1.807) is 6.92 Å². The summed E-state index contributed by atoms with van der Waals surface area (Å²) in [6.45, 7) is 7.17. The van der Waals surface area contributed by atoms with E-state index in [2.05, 4.69) is 17.4 Å². The topological polar surface area (TPSA) is 58.6 Å². The summed E-state index contributed by atoms with van der Waals surface area (Å²) >= 11 is 0. The summed E-state index contributed by atoms with van der Waals surface area (Å²) in [6.07, 6.45) is 0.318. The van der Waals surface area contributed by atoms with E-state index >= 15 is 0 Å². The maximum atomic E-state index is 12.7. The average Bonchev–Trinajstić information content (AvgIpc) is 2.51. The number of carbonyl (C=O) groups is 2. The number of nitrogens with one attached hydrogen (secondary N) is 1. The summed E-state index contributed by atoms with van der Waals surface area (Å²) in [7, 11) is 0. The Morgan fingerprint density at radius 1 is 1.27 bits per heavy atom. The fraction of sp³-hybridized carbons (Fsp3) is 0.529. The van der Waals surface area contributed by atoms with E-state index < -0.39 is 12.1 Å². The molecule has 22 heavy (non-hydrogen) atoms. The zero-order chi connectivity index (χ0) is 16.1. The van der Waals surface area contributed by atoms with Gasteiger partial charge in [0.25, 0.3) is 0 Å². The Kier molecular flexibility index (Phi) is 5.41. The minimum Gasteiger partial charge on any atom is -0.450 e. The van der Waals surface area contributed by atoms with Crippen LogP contribution in [0.4, 0.5) is 4.79 Å². The summed E-state index contributed by atoms with van der Waals surface area (Å²) in [6, 6.07) is 7.62. The van der Waals surface area contributed by atoms with Gasteiger partial charge in [-0.2, -0.15) is 0 Å². The van der Waals surface area contributed by atoms with Crippen molar-refractivity contribution in [1.29, 1.82) is 0 Å². The number of rotatable bonds is 4. The van der Waals surface area contributed by atoms with Gasteiger partial charge < -0.3 is 15.0 Å². The van der Waals surface area contributed by atoms with E-state index in [4.69, 9.17) is 4.74 Å². The quantitative estimate of drug-likeness (QED) is 0.929. The van der Waals surface area contributed by atoms with Gasteiger partial charge in [0.05, 0.1) is 6.61 Å². The van der Waals surface area contributed by atoms with Crippen molar-refractivity contribution in [2.24, 2.45) is 5.92 Å². The molecule has 0 saturated heterocycles. The standard InChI is InChI=1S/C17H24N2O3/c1-4-22-17(21)18-15(12(2)3)16(20)19-10-9-13-7-5-6-8-14(13)11-19/h5-8,12,15H,4,9-11H2,1-3H3,(H,18,21)/t15-/m0/s1. The Hall–Kier alpha value is -2.04. The highest BCUT2D eigenvalue weighted by Crippen LogP contribution is 2.20. The third-order valence-electron chi connectivity index (χ3n) is 3.92. The number of fused-ring (bicyclic) bond motifs is 1. The maximum Gasteiger partial charge on any atom is 0.407 e. The van der Waals surface area contributed by atoms with Crippen LogP contribution < -0.4 is 5.32 Å². The minimum absolute atomic E-state index is 0.00840. The van der Waals surface area contributed by atoms with Crippen molar-refractivity contribution in [2.75, 3.05) is 13.2 Å². The number of amides is 2. The summed E-state index contributed by atoms with van der Waals surface area (Å²) in [5.41, 5.74) is 2.48. The molecule has 1 aromatic carbocycles. The second-order valence-electron chi connectivity index (χ2n) is 5.86. The molecule has 1 atom stereocenters. The number of hydrogen-bond acceptors (Lipinski definition) is 3. The predicted molar refractivity (Wildman–Crippen MR) is 84.3 cm³/mol. The smallest absolute Gasteiger partial charge is 0.407 e. The van der Waals surface area contributed by atoms with E-state index in [0.29, 0.717) is 19.7 Å². The van der Waals surface area contributed by atoms with Gasteiger partial charge in [0.2, 0.25) is 5.91 Å². The highest BCUT2D eigenvalue weighted by Gasteiger charge is 2.30. The maximum absolute atomic E-state index is 12.7.